The minimum Gasteiger partial charge on any atom is -0.483 e. The highest BCUT2D eigenvalue weighted by atomic mass is 16.5. The zero-order chi connectivity index (χ0) is 18.4. The van der Waals surface area contributed by atoms with Gasteiger partial charge in [-0.25, -0.2) is 0 Å². The smallest absolute Gasteiger partial charge is 0.308 e. The zero-order valence-corrected chi connectivity index (χ0v) is 14.6. The van der Waals surface area contributed by atoms with Gasteiger partial charge in [-0.05, 0) is 30.0 Å². The standard InChI is InChI=1S/C21H23NO4/c23-20(22-18-11-6-10-17(18)21(24)25)14-26-19-12-5-4-9-16(19)13-15-7-2-1-3-8-15/h1-5,7-9,12,17-18H,6,10-11,13-14H2,(H,22,23)(H,24,25)/t17-,18+/m1/s1. The van der Waals surface area contributed by atoms with Crippen LogP contribution >= 0.6 is 0 Å². The van der Waals surface area contributed by atoms with Gasteiger partial charge in [-0.3, -0.25) is 9.59 Å². The fraction of sp³-hybridized carbons (Fsp3) is 0.333. The number of carbonyl (C=O) groups excluding carboxylic acids is 1. The molecule has 0 aliphatic heterocycles. The van der Waals surface area contributed by atoms with E-state index in [1.165, 1.54) is 5.56 Å². The van der Waals surface area contributed by atoms with Gasteiger partial charge in [0.05, 0.1) is 5.92 Å². The van der Waals surface area contributed by atoms with Gasteiger partial charge in [-0.1, -0.05) is 55.0 Å². The van der Waals surface area contributed by atoms with Crippen LogP contribution in [-0.2, 0) is 16.0 Å². The van der Waals surface area contributed by atoms with Crippen LogP contribution in [0.1, 0.15) is 30.4 Å². The Hall–Kier alpha value is -2.82. The average Bonchev–Trinajstić information content (AvgIpc) is 3.10. The van der Waals surface area contributed by atoms with Crippen LogP contribution in [0.4, 0.5) is 0 Å². The number of para-hydroxylation sites is 1. The summed E-state index contributed by atoms with van der Waals surface area (Å²) in [6.45, 7) is -0.116. The molecule has 2 N–H and O–H groups in total. The monoisotopic (exact) mass is 353 g/mol. The van der Waals surface area contributed by atoms with Crippen molar-refractivity contribution in [3.63, 3.8) is 0 Å². The summed E-state index contributed by atoms with van der Waals surface area (Å²) in [5.74, 6) is -0.948. The Kier molecular flexibility index (Phi) is 5.89. The molecule has 0 aromatic heterocycles. The highest BCUT2D eigenvalue weighted by Crippen LogP contribution is 2.26. The molecular weight excluding hydrogens is 330 g/mol. The highest BCUT2D eigenvalue weighted by molar-refractivity contribution is 5.79. The quantitative estimate of drug-likeness (QED) is 0.802. The summed E-state index contributed by atoms with van der Waals surface area (Å²) < 4.78 is 5.72. The SMILES string of the molecule is O=C(COc1ccccc1Cc1ccccc1)N[C@H]1CCC[C@H]1C(=O)O. The van der Waals surface area contributed by atoms with E-state index in [1.54, 1.807) is 0 Å². The lowest BCUT2D eigenvalue weighted by atomic mass is 10.0. The maximum absolute atomic E-state index is 12.2. The molecule has 1 fully saturated rings. The molecule has 2 aromatic rings. The number of nitrogens with one attached hydrogen (secondary N) is 1. The van der Waals surface area contributed by atoms with Gasteiger partial charge in [0, 0.05) is 12.5 Å². The summed E-state index contributed by atoms with van der Waals surface area (Å²) in [4.78, 5) is 23.4. The second kappa shape index (κ2) is 8.52. The molecule has 1 aliphatic rings. The second-order valence-corrected chi connectivity index (χ2v) is 6.61. The van der Waals surface area contributed by atoms with Crippen molar-refractivity contribution in [2.24, 2.45) is 5.92 Å². The highest BCUT2D eigenvalue weighted by Gasteiger charge is 2.33. The molecule has 3 rings (SSSR count). The number of carboxylic acids is 1. The molecule has 0 radical (unpaired) electrons. The van der Waals surface area contributed by atoms with E-state index < -0.39 is 11.9 Å². The Labute approximate surface area is 153 Å². The van der Waals surface area contributed by atoms with E-state index in [4.69, 9.17) is 4.74 Å². The Morgan fingerprint density at radius 3 is 2.54 bits per heavy atom. The lowest BCUT2D eigenvalue weighted by Gasteiger charge is -2.18. The molecule has 0 heterocycles. The van der Waals surface area contributed by atoms with Crippen molar-refractivity contribution in [2.75, 3.05) is 6.61 Å². The number of ether oxygens (including phenoxy) is 1. The van der Waals surface area contributed by atoms with Crippen molar-refractivity contribution in [1.29, 1.82) is 0 Å². The number of carboxylic acid groups (broad SMARTS) is 1. The maximum atomic E-state index is 12.2. The summed E-state index contributed by atoms with van der Waals surface area (Å²) in [7, 11) is 0. The number of rotatable bonds is 7. The van der Waals surface area contributed by atoms with Crippen molar-refractivity contribution in [3.05, 3.63) is 65.7 Å². The summed E-state index contributed by atoms with van der Waals surface area (Å²) in [5, 5.41) is 12.0. The van der Waals surface area contributed by atoms with Gasteiger partial charge in [0.2, 0.25) is 0 Å². The van der Waals surface area contributed by atoms with Crippen LogP contribution in [0.3, 0.4) is 0 Å². The minimum atomic E-state index is -0.845. The third kappa shape index (κ3) is 4.63. The lowest BCUT2D eigenvalue weighted by molar-refractivity contribution is -0.142. The summed E-state index contributed by atoms with van der Waals surface area (Å²) in [6, 6.07) is 17.4. The topological polar surface area (TPSA) is 75.6 Å². The Balaban J connectivity index is 1.58. The van der Waals surface area contributed by atoms with Crippen molar-refractivity contribution < 1.29 is 19.4 Å². The molecule has 5 nitrogen and oxygen atoms in total. The number of amides is 1. The molecule has 1 saturated carbocycles. The van der Waals surface area contributed by atoms with Crippen LogP contribution < -0.4 is 10.1 Å². The number of hydrogen-bond acceptors (Lipinski definition) is 3. The van der Waals surface area contributed by atoms with Crippen molar-refractivity contribution >= 4 is 11.9 Å². The molecule has 0 bridgehead atoms. The molecule has 136 valence electrons. The van der Waals surface area contributed by atoms with E-state index >= 15 is 0 Å². The van der Waals surface area contributed by atoms with Gasteiger partial charge in [0.15, 0.2) is 6.61 Å². The van der Waals surface area contributed by atoms with Crippen LogP contribution in [0.5, 0.6) is 5.75 Å². The molecule has 0 saturated heterocycles. The molecule has 2 atom stereocenters. The summed E-state index contributed by atoms with van der Waals surface area (Å²) in [5.41, 5.74) is 2.18. The number of benzene rings is 2. The molecule has 5 heteroatoms. The van der Waals surface area contributed by atoms with E-state index in [9.17, 15) is 14.7 Å². The normalized spacial score (nSPS) is 19.1. The maximum Gasteiger partial charge on any atom is 0.308 e. The zero-order valence-electron chi connectivity index (χ0n) is 14.6. The average molecular weight is 353 g/mol. The van der Waals surface area contributed by atoms with Crippen LogP contribution in [-0.4, -0.2) is 29.6 Å². The number of carbonyl (C=O) groups is 2. The van der Waals surface area contributed by atoms with Gasteiger partial charge in [0.1, 0.15) is 5.75 Å². The third-order valence-corrected chi connectivity index (χ3v) is 4.75. The molecule has 1 aliphatic carbocycles. The van der Waals surface area contributed by atoms with Gasteiger partial charge >= 0.3 is 5.97 Å². The molecule has 1 amide bonds. The first-order chi connectivity index (χ1) is 12.6. The number of hydrogen-bond donors (Lipinski definition) is 2. The molecule has 0 unspecified atom stereocenters. The lowest BCUT2D eigenvalue weighted by Crippen LogP contribution is -2.42. The van der Waals surface area contributed by atoms with E-state index in [0.717, 1.165) is 18.4 Å². The van der Waals surface area contributed by atoms with E-state index in [2.05, 4.69) is 17.4 Å². The second-order valence-electron chi connectivity index (χ2n) is 6.61. The van der Waals surface area contributed by atoms with Crippen molar-refractivity contribution in [1.82, 2.24) is 5.32 Å². The van der Waals surface area contributed by atoms with Crippen LogP contribution in [0, 0.1) is 5.92 Å². The van der Waals surface area contributed by atoms with Crippen LogP contribution in [0.2, 0.25) is 0 Å². The predicted octanol–water partition coefficient (Wildman–Crippen LogP) is 3.03. The van der Waals surface area contributed by atoms with Gasteiger partial charge in [-0.15, -0.1) is 0 Å². The van der Waals surface area contributed by atoms with Crippen molar-refractivity contribution in [2.45, 2.75) is 31.7 Å². The summed E-state index contributed by atoms with van der Waals surface area (Å²) >= 11 is 0. The van der Waals surface area contributed by atoms with E-state index in [0.29, 0.717) is 18.6 Å². The number of aliphatic carboxylic acids is 1. The first kappa shape index (κ1) is 18.0. The van der Waals surface area contributed by atoms with Gasteiger partial charge in [0.25, 0.3) is 5.91 Å². The molecule has 2 aromatic carbocycles. The fourth-order valence-corrected chi connectivity index (χ4v) is 3.43. The fourth-order valence-electron chi connectivity index (χ4n) is 3.43. The third-order valence-electron chi connectivity index (χ3n) is 4.75. The van der Waals surface area contributed by atoms with Gasteiger partial charge < -0.3 is 15.2 Å². The Morgan fingerprint density at radius 2 is 1.77 bits per heavy atom. The van der Waals surface area contributed by atoms with Gasteiger partial charge in [-0.2, -0.15) is 0 Å². The van der Waals surface area contributed by atoms with Crippen LogP contribution in [0.15, 0.2) is 54.6 Å². The molecule has 26 heavy (non-hydrogen) atoms. The first-order valence-electron chi connectivity index (χ1n) is 8.90. The Bertz CT molecular complexity index is 760. The van der Waals surface area contributed by atoms with Crippen molar-refractivity contribution in [3.8, 4) is 5.75 Å². The molecular formula is C21H23NO4. The Morgan fingerprint density at radius 1 is 1.04 bits per heavy atom. The first-order valence-corrected chi connectivity index (χ1v) is 8.90. The largest absolute Gasteiger partial charge is 0.483 e. The minimum absolute atomic E-state index is 0.116. The predicted molar refractivity (Wildman–Crippen MR) is 98.1 cm³/mol. The summed E-state index contributed by atoms with van der Waals surface area (Å²) in [6.07, 6.45) is 2.86. The molecule has 0 spiro atoms. The van der Waals surface area contributed by atoms with Crippen LogP contribution in [0.25, 0.3) is 0 Å². The van der Waals surface area contributed by atoms with E-state index in [-0.39, 0.29) is 18.6 Å². The van der Waals surface area contributed by atoms with E-state index in [1.807, 2.05) is 42.5 Å².